The van der Waals surface area contributed by atoms with Crippen molar-refractivity contribution in [2.24, 2.45) is 0 Å². The van der Waals surface area contributed by atoms with Crippen molar-refractivity contribution in [3.63, 3.8) is 0 Å². The van der Waals surface area contributed by atoms with Crippen molar-refractivity contribution in [2.45, 2.75) is 64.0 Å². The van der Waals surface area contributed by atoms with Crippen molar-refractivity contribution in [3.8, 4) is 0 Å². The third-order valence-corrected chi connectivity index (χ3v) is 7.05. The molecule has 2 aliphatic rings. The molecular weight excluding hydrogens is 356 g/mol. The lowest BCUT2D eigenvalue weighted by atomic mass is 9.79. The molecule has 0 bridgehead atoms. The van der Waals surface area contributed by atoms with Gasteiger partial charge >= 0.3 is 0 Å². The first-order valence-electron chi connectivity index (χ1n) is 9.77. The van der Waals surface area contributed by atoms with E-state index in [-0.39, 0.29) is 24.3 Å². The zero-order chi connectivity index (χ0) is 19.0. The van der Waals surface area contributed by atoms with Gasteiger partial charge in [-0.25, -0.2) is 0 Å². The highest BCUT2D eigenvalue weighted by molar-refractivity contribution is 7.10. The Labute approximate surface area is 164 Å². The highest BCUT2D eigenvalue weighted by Gasteiger charge is 2.59. The molecule has 2 aromatic rings. The van der Waals surface area contributed by atoms with E-state index < -0.39 is 5.54 Å². The molecule has 2 fully saturated rings. The molecule has 4 nitrogen and oxygen atoms in total. The monoisotopic (exact) mass is 382 g/mol. The van der Waals surface area contributed by atoms with Crippen molar-refractivity contribution in [2.75, 3.05) is 4.90 Å². The number of nitrogens with one attached hydrogen (secondary N) is 1. The lowest BCUT2D eigenvalue weighted by molar-refractivity contribution is -0.140. The Balaban J connectivity index is 1.71. The van der Waals surface area contributed by atoms with Crippen molar-refractivity contribution < 1.29 is 9.59 Å². The number of nitrogens with zero attached hydrogens (tertiary/aromatic N) is 1. The van der Waals surface area contributed by atoms with Crippen molar-refractivity contribution in [1.29, 1.82) is 0 Å². The van der Waals surface area contributed by atoms with Gasteiger partial charge in [-0.05, 0) is 61.4 Å². The maximum Gasteiger partial charge on any atom is 0.252 e. The first kappa shape index (κ1) is 18.2. The molecule has 1 saturated heterocycles. The predicted octanol–water partition coefficient (Wildman–Crippen LogP) is 4.45. The SMILES string of the molecule is Cc1ccc(N2C(=O)C[C@@]2(C(=O)NC2CCCCC2)c2cccs2)cc1C. The van der Waals surface area contributed by atoms with Gasteiger partial charge in [0.15, 0.2) is 5.54 Å². The van der Waals surface area contributed by atoms with Crippen LogP contribution in [0.15, 0.2) is 35.7 Å². The van der Waals surface area contributed by atoms with Crippen LogP contribution in [0.25, 0.3) is 0 Å². The zero-order valence-electron chi connectivity index (χ0n) is 16.0. The van der Waals surface area contributed by atoms with Gasteiger partial charge in [0.05, 0.1) is 6.42 Å². The summed E-state index contributed by atoms with van der Waals surface area (Å²) in [4.78, 5) is 28.8. The van der Waals surface area contributed by atoms with Crippen LogP contribution in [0.5, 0.6) is 0 Å². The van der Waals surface area contributed by atoms with Gasteiger partial charge in [0.1, 0.15) is 0 Å². The molecule has 1 N–H and O–H groups in total. The number of hydrogen-bond acceptors (Lipinski definition) is 3. The predicted molar refractivity (Wildman–Crippen MR) is 109 cm³/mol. The Morgan fingerprint density at radius 2 is 1.93 bits per heavy atom. The quantitative estimate of drug-likeness (QED) is 0.795. The number of β-lactam (4-membered cyclic amide) rings is 1. The number of carbonyl (C=O) groups is 2. The van der Waals surface area contributed by atoms with E-state index >= 15 is 0 Å². The Kier molecular flexibility index (Phi) is 4.81. The van der Waals surface area contributed by atoms with E-state index in [0.29, 0.717) is 0 Å². The van der Waals surface area contributed by atoms with Gasteiger partial charge in [0.25, 0.3) is 5.91 Å². The summed E-state index contributed by atoms with van der Waals surface area (Å²) in [7, 11) is 0. The average molecular weight is 383 g/mol. The number of carbonyl (C=O) groups excluding carboxylic acids is 2. The Bertz CT molecular complexity index is 855. The summed E-state index contributed by atoms with van der Waals surface area (Å²) >= 11 is 1.55. The summed E-state index contributed by atoms with van der Waals surface area (Å²) in [6.45, 7) is 4.09. The normalized spacial score (nSPS) is 23.2. The third kappa shape index (κ3) is 3.08. The van der Waals surface area contributed by atoms with Crippen LogP contribution in [-0.2, 0) is 15.1 Å². The molecular formula is C22H26N2O2S. The molecule has 5 heteroatoms. The lowest BCUT2D eigenvalue weighted by Crippen LogP contribution is -2.69. The summed E-state index contributed by atoms with van der Waals surface area (Å²) in [5.74, 6) is -0.0277. The molecule has 0 radical (unpaired) electrons. The summed E-state index contributed by atoms with van der Waals surface area (Å²) in [6.07, 6.45) is 5.87. The molecule has 1 aromatic heterocycles. The number of aryl methyl sites for hydroxylation is 2. The smallest absolute Gasteiger partial charge is 0.252 e. The molecule has 4 rings (SSSR count). The largest absolute Gasteiger partial charge is 0.351 e. The maximum absolute atomic E-state index is 13.5. The summed E-state index contributed by atoms with van der Waals surface area (Å²) < 4.78 is 0. The first-order chi connectivity index (χ1) is 13.0. The lowest BCUT2D eigenvalue weighted by Gasteiger charge is -2.50. The molecule has 1 aliphatic heterocycles. The van der Waals surface area contributed by atoms with Crippen molar-refractivity contribution in [3.05, 3.63) is 51.7 Å². The number of thiophene rings is 1. The second-order valence-corrected chi connectivity index (χ2v) is 8.77. The van der Waals surface area contributed by atoms with Crippen LogP contribution in [0.3, 0.4) is 0 Å². The minimum absolute atomic E-state index is 0.00504. The van der Waals surface area contributed by atoms with E-state index in [1.807, 2.05) is 42.6 Å². The minimum Gasteiger partial charge on any atom is -0.351 e. The van der Waals surface area contributed by atoms with E-state index in [0.717, 1.165) is 41.8 Å². The summed E-state index contributed by atoms with van der Waals surface area (Å²) in [5.41, 5.74) is 2.20. The molecule has 1 aliphatic carbocycles. The molecule has 2 amide bonds. The Morgan fingerprint density at radius 1 is 1.15 bits per heavy atom. The van der Waals surface area contributed by atoms with Crippen LogP contribution in [0, 0.1) is 13.8 Å². The molecule has 1 saturated carbocycles. The highest BCUT2D eigenvalue weighted by atomic mass is 32.1. The van der Waals surface area contributed by atoms with Gasteiger partial charge in [-0.3, -0.25) is 14.5 Å². The standard InChI is InChI=1S/C22H26N2O2S/c1-15-10-11-18(13-16(15)2)24-20(25)14-22(24,19-9-6-12-27-19)21(26)23-17-7-4-3-5-8-17/h6,9-13,17H,3-5,7-8,14H2,1-2H3,(H,23,26)/t22-/m0/s1. The second-order valence-electron chi connectivity index (χ2n) is 7.82. The van der Waals surface area contributed by atoms with Crippen LogP contribution in [0.4, 0.5) is 5.69 Å². The van der Waals surface area contributed by atoms with Crippen molar-refractivity contribution in [1.82, 2.24) is 5.32 Å². The number of rotatable bonds is 4. The van der Waals surface area contributed by atoms with Crippen LogP contribution in [-0.4, -0.2) is 17.9 Å². The van der Waals surface area contributed by atoms with Gasteiger partial charge in [0.2, 0.25) is 5.91 Å². The van der Waals surface area contributed by atoms with E-state index in [1.54, 1.807) is 16.2 Å². The van der Waals surface area contributed by atoms with Crippen molar-refractivity contribution >= 4 is 28.8 Å². The van der Waals surface area contributed by atoms with Gasteiger partial charge in [-0.1, -0.05) is 31.4 Å². The summed E-state index contributed by atoms with van der Waals surface area (Å²) in [5, 5.41) is 5.25. The Morgan fingerprint density at radius 3 is 2.56 bits per heavy atom. The Hall–Kier alpha value is -2.14. The molecule has 1 atom stereocenters. The molecule has 27 heavy (non-hydrogen) atoms. The van der Waals surface area contributed by atoms with Crippen LogP contribution >= 0.6 is 11.3 Å². The minimum atomic E-state index is -0.912. The molecule has 0 spiro atoms. The highest BCUT2D eigenvalue weighted by Crippen LogP contribution is 2.47. The van der Waals surface area contributed by atoms with Gasteiger partial charge in [-0.15, -0.1) is 11.3 Å². The van der Waals surface area contributed by atoms with E-state index in [2.05, 4.69) is 12.2 Å². The maximum atomic E-state index is 13.5. The number of anilines is 1. The topological polar surface area (TPSA) is 49.4 Å². The fourth-order valence-electron chi connectivity index (χ4n) is 4.28. The zero-order valence-corrected chi connectivity index (χ0v) is 16.8. The fraction of sp³-hybridized carbons (Fsp3) is 0.455. The van der Waals surface area contributed by atoms with E-state index in [9.17, 15) is 9.59 Å². The molecule has 2 heterocycles. The van der Waals surface area contributed by atoms with E-state index in [1.165, 1.54) is 12.0 Å². The van der Waals surface area contributed by atoms with Crippen LogP contribution in [0.1, 0.15) is 54.5 Å². The van der Waals surface area contributed by atoms with Gasteiger partial charge in [-0.2, -0.15) is 0 Å². The second kappa shape index (κ2) is 7.12. The van der Waals surface area contributed by atoms with E-state index in [4.69, 9.17) is 0 Å². The number of hydrogen-bond donors (Lipinski definition) is 1. The number of amides is 2. The molecule has 1 aromatic carbocycles. The van der Waals surface area contributed by atoms with Crippen LogP contribution < -0.4 is 10.2 Å². The summed E-state index contributed by atoms with van der Waals surface area (Å²) in [6, 6.07) is 10.1. The molecule has 0 unspecified atom stereocenters. The third-order valence-electron chi connectivity index (χ3n) is 6.03. The average Bonchev–Trinajstić information content (AvgIpc) is 3.18. The van der Waals surface area contributed by atoms with Gasteiger partial charge in [0, 0.05) is 16.6 Å². The van der Waals surface area contributed by atoms with Crippen LogP contribution in [0.2, 0.25) is 0 Å². The first-order valence-corrected chi connectivity index (χ1v) is 10.7. The number of benzene rings is 1. The van der Waals surface area contributed by atoms with Gasteiger partial charge < -0.3 is 5.32 Å². The molecule has 142 valence electrons. The fourth-order valence-corrected chi connectivity index (χ4v) is 5.20.